The summed E-state index contributed by atoms with van der Waals surface area (Å²) in [5.41, 5.74) is -2.65. The topological polar surface area (TPSA) is 314 Å². The predicted molar refractivity (Wildman–Crippen MR) is 292 cm³/mol. The minimum atomic E-state index is -2.19. The summed E-state index contributed by atoms with van der Waals surface area (Å²) in [6.45, 7) is 4.49. The van der Waals surface area contributed by atoms with Gasteiger partial charge in [-0.15, -0.1) is 0 Å². The lowest BCUT2D eigenvalue weighted by Gasteiger charge is -2.45. The molecule has 0 amide bonds. The van der Waals surface area contributed by atoms with Crippen molar-refractivity contribution in [2.45, 2.75) is 73.3 Å². The Hall–Kier alpha value is -8.88. The van der Waals surface area contributed by atoms with Crippen molar-refractivity contribution in [1.82, 2.24) is 0 Å². The summed E-state index contributed by atoms with van der Waals surface area (Å²) in [5.74, 6) is -10.5. The van der Waals surface area contributed by atoms with Crippen molar-refractivity contribution >= 4 is 112 Å². The van der Waals surface area contributed by atoms with Crippen molar-refractivity contribution < 1.29 is 114 Å². The molecule has 1 aliphatic carbocycles. The molecule has 29 heteroatoms. The molecule has 1 aliphatic heterocycles. The minimum absolute atomic E-state index is 0.0400. The first kappa shape index (κ1) is 65.3. The fraction of sp³-hybridized carbons (Fsp3) is 0.375. The molecule has 1 heterocycles. The van der Waals surface area contributed by atoms with Gasteiger partial charge in [0, 0.05) is 69.7 Å². The Morgan fingerprint density at radius 3 is 1.27 bits per heavy atom. The zero-order valence-corrected chi connectivity index (χ0v) is 49.3. The molecular formula is C56H55Cl3N2O24. The van der Waals surface area contributed by atoms with Crippen LogP contribution < -0.4 is 28.7 Å². The average Bonchev–Trinajstić information content (AvgIpc) is 1.75. The number of ether oxygens (including phenoxy) is 13. The fourth-order valence-corrected chi connectivity index (χ4v) is 9.68. The van der Waals surface area contributed by atoms with E-state index in [2.05, 4.69) is 0 Å². The Balaban J connectivity index is 1.54. The first-order chi connectivity index (χ1) is 40.0. The van der Waals surface area contributed by atoms with Crippen LogP contribution in [-0.4, -0.2) is 132 Å². The van der Waals surface area contributed by atoms with Crippen LogP contribution in [0.3, 0.4) is 0 Å². The smallest absolute Gasteiger partial charge is 0.342 e. The summed E-state index contributed by atoms with van der Waals surface area (Å²) in [5, 5.41) is -0.533. The SMILES string of the molecule is CC(=O)OCOC(=O)CN(CC(=O)OCOC(C)=O)c1ccc(C)cc1OCCOc1cc(Cl)c2c(c1N(CC(=O)OCOC(C)=O)CC(=O)OCOC(C)=O)C(=O)OC21c2cc(Cl)c(OC(C)=O)cc2C(C)(C)c2cc(OC(C)=O)c(Cl)cc21. The highest BCUT2D eigenvalue weighted by Crippen LogP contribution is 2.62. The maximum absolute atomic E-state index is 15.3. The van der Waals surface area contributed by atoms with E-state index in [1.165, 1.54) is 41.3 Å². The van der Waals surface area contributed by atoms with E-state index in [1.54, 1.807) is 32.9 Å². The van der Waals surface area contributed by atoms with Crippen molar-refractivity contribution in [3.8, 4) is 23.0 Å². The Kier molecular flexibility index (Phi) is 21.6. The summed E-state index contributed by atoms with van der Waals surface area (Å²) < 4.78 is 69.7. The number of nitrogens with zero attached hydrogens (tertiary/aromatic N) is 2. The quantitative estimate of drug-likeness (QED) is 0.0233. The molecule has 1 spiro atoms. The monoisotopic (exact) mass is 1240 g/mol. The standard InChI is InChI=1S/C56H55Cl3N2O24/c1-28-10-11-42(60(20-47(68)79-24-75-29(2)62)21-48(69)80-25-76-30(3)63)45(14-28)73-12-13-74-46-19-41(59)52-51(53(46)61(22-49(70)81-26-77-31(4)64)23-50(71)82-27-78-32(5)65)54(72)85-56(52)37-15-39(57)43(83-33(6)66)17-35(37)55(8,9)36-18-44(84-34(7)67)40(58)16-38(36)56/h10-11,14-19H,12-13,20-27H2,1-9H3. The molecule has 454 valence electrons. The molecule has 0 radical (unpaired) electrons. The number of rotatable bonds is 25. The van der Waals surface area contributed by atoms with Crippen molar-refractivity contribution in [3.05, 3.63) is 103 Å². The van der Waals surface area contributed by atoms with E-state index in [-0.39, 0.29) is 66.1 Å². The van der Waals surface area contributed by atoms with E-state index in [0.29, 0.717) is 16.7 Å². The van der Waals surface area contributed by atoms with Gasteiger partial charge in [-0.1, -0.05) is 54.7 Å². The zero-order chi connectivity index (χ0) is 62.7. The van der Waals surface area contributed by atoms with Gasteiger partial charge in [-0.05, 0) is 60.0 Å². The number of carbonyl (C=O) groups is 11. The number of carbonyl (C=O) groups excluding carboxylic acids is 11. The Bertz CT molecular complexity index is 3220. The molecule has 4 aromatic rings. The van der Waals surface area contributed by atoms with Gasteiger partial charge in [0.05, 0.1) is 32.0 Å². The highest BCUT2D eigenvalue weighted by molar-refractivity contribution is 6.34. The van der Waals surface area contributed by atoms with Crippen molar-refractivity contribution in [3.63, 3.8) is 0 Å². The molecule has 0 saturated heterocycles. The van der Waals surface area contributed by atoms with E-state index in [4.69, 9.17) is 96.4 Å². The van der Waals surface area contributed by atoms with Gasteiger partial charge >= 0.3 is 65.7 Å². The summed E-state index contributed by atoms with van der Waals surface area (Å²) in [6, 6.07) is 11.6. The molecule has 0 bridgehead atoms. The highest BCUT2D eigenvalue weighted by Gasteiger charge is 2.59. The van der Waals surface area contributed by atoms with Crippen LogP contribution in [0, 0.1) is 6.92 Å². The summed E-state index contributed by atoms with van der Waals surface area (Å²) in [4.78, 5) is 142. The molecule has 4 aromatic carbocycles. The van der Waals surface area contributed by atoms with Gasteiger partial charge < -0.3 is 71.4 Å². The molecule has 26 nitrogen and oxygen atoms in total. The lowest BCUT2D eigenvalue weighted by Crippen LogP contribution is -2.41. The van der Waals surface area contributed by atoms with Gasteiger partial charge in [0.25, 0.3) is 0 Å². The van der Waals surface area contributed by atoms with E-state index in [1.807, 2.05) is 0 Å². The van der Waals surface area contributed by atoms with Crippen LogP contribution in [0.15, 0.2) is 48.5 Å². The van der Waals surface area contributed by atoms with Crippen LogP contribution in [0.4, 0.5) is 11.4 Å². The maximum atomic E-state index is 15.3. The maximum Gasteiger partial charge on any atom is 0.342 e. The molecule has 0 unspecified atom stereocenters. The number of hydrogen-bond acceptors (Lipinski definition) is 26. The van der Waals surface area contributed by atoms with Crippen molar-refractivity contribution in [1.29, 1.82) is 0 Å². The van der Waals surface area contributed by atoms with Gasteiger partial charge in [0.2, 0.25) is 27.2 Å². The first-order valence-electron chi connectivity index (χ1n) is 25.2. The van der Waals surface area contributed by atoms with Crippen LogP contribution in [0.2, 0.25) is 15.1 Å². The lowest BCUT2D eigenvalue weighted by atomic mass is 9.61. The van der Waals surface area contributed by atoms with E-state index in [9.17, 15) is 47.9 Å². The number of aryl methyl sites for hydroxylation is 1. The normalized spacial score (nSPS) is 12.8. The minimum Gasteiger partial charge on any atom is -0.488 e. The largest absolute Gasteiger partial charge is 0.488 e. The third-order valence-corrected chi connectivity index (χ3v) is 13.2. The molecule has 85 heavy (non-hydrogen) atoms. The zero-order valence-electron chi connectivity index (χ0n) is 47.0. The lowest BCUT2D eigenvalue weighted by molar-refractivity contribution is -0.167. The Labute approximate surface area is 499 Å². The number of esters is 11. The summed E-state index contributed by atoms with van der Waals surface area (Å²) in [7, 11) is 0. The molecule has 0 fully saturated rings. The van der Waals surface area contributed by atoms with Crippen LogP contribution >= 0.6 is 34.8 Å². The van der Waals surface area contributed by atoms with Crippen molar-refractivity contribution in [2.75, 3.05) is 76.4 Å². The van der Waals surface area contributed by atoms with Gasteiger partial charge in [-0.3, -0.25) is 47.9 Å². The average molecular weight is 1250 g/mol. The first-order valence-corrected chi connectivity index (χ1v) is 26.4. The van der Waals surface area contributed by atoms with Gasteiger partial charge in [0.15, 0.2) is 5.60 Å². The number of halogens is 3. The van der Waals surface area contributed by atoms with Crippen LogP contribution in [0.1, 0.15) is 99.1 Å². The van der Waals surface area contributed by atoms with Gasteiger partial charge in [0.1, 0.15) is 62.4 Å². The van der Waals surface area contributed by atoms with Crippen molar-refractivity contribution in [2.24, 2.45) is 0 Å². The third-order valence-electron chi connectivity index (χ3n) is 12.4. The van der Waals surface area contributed by atoms with Gasteiger partial charge in [-0.2, -0.15) is 0 Å². The molecule has 0 N–H and O–H groups in total. The number of benzene rings is 4. The number of hydrogen-bond donors (Lipinski definition) is 0. The van der Waals surface area contributed by atoms with Crippen LogP contribution in [0.5, 0.6) is 23.0 Å². The molecule has 0 atom stereocenters. The fourth-order valence-electron chi connectivity index (χ4n) is 8.94. The van der Waals surface area contributed by atoms with E-state index >= 15 is 4.79 Å². The highest BCUT2D eigenvalue weighted by atomic mass is 35.5. The van der Waals surface area contributed by atoms with Gasteiger partial charge in [-0.25, -0.2) is 4.79 Å². The Morgan fingerprint density at radius 2 is 0.871 bits per heavy atom. The summed E-state index contributed by atoms with van der Waals surface area (Å²) >= 11 is 21.2. The summed E-state index contributed by atoms with van der Waals surface area (Å²) in [6.07, 6.45) is 0. The van der Waals surface area contributed by atoms with Crippen LogP contribution in [0.25, 0.3) is 0 Å². The second kappa shape index (κ2) is 28.1. The van der Waals surface area contributed by atoms with Crippen LogP contribution in [-0.2, 0) is 102 Å². The molecule has 2 aliphatic rings. The van der Waals surface area contributed by atoms with E-state index in [0.717, 1.165) is 46.4 Å². The second-order valence-corrected chi connectivity index (χ2v) is 20.2. The Morgan fingerprint density at radius 1 is 0.471 bits per heavy atom. The van der Waals surface area contributed by atoms with E-state index < -0.39 is 149 Å². The molecule has 6 rings (SSSR count). The number of anilines is 2. The second-order valence-electron chi connectivity index (χ2n) is 19.0. The molecular weight excluding hydrogens is 1190 g/mol. The third kappa shape index (κ3) is 16.1. The molecule has 0 saturated carbocycles. The number of fused-ring (bicyclic) bond motifs is 6. The predicted octanol–water partition coefficient (Wildman–Crippen LogP) is 6.23. The molecule has 0 aromatic heterocycles.